The number of hydrogen-bond donors (Lipinski definition) is 0. The maximum Gasteiger partial charge on any atom is 0.272 e. The lowest BCUT2D eigenvalue weighted by atomic mass is 10.2. The maximum atomic E-state index is 13.1. The van der Waals surface area contributed by atoms with Crippen molar-refractivity contribution >= 4 is 17.2 Å². The first-order valence-corrected chi connectivity index (χ1v) is 8.81. The zero-order valence-corrected chi connectivity index (χ0v) is 14.7. The minimum absolute atomic E-state index is 0.0171. The van der Waals surface area contributed by atoms with Gasteiger partial charge in [0.05, 0.1) is 12.2 Å². The van der Waals surface area contributed by atoms with Crippen molar-refractivity contribution in [3.05, 3.63) is 69.9 Å². The van der Waals surface area contributed by atoms with Crippen LogP contribution in [0.15, 0.2) is 48.0 Å². The first kappa shape index (κ1) is 16.4. The van der Waals surface area contributed by atoms with E-state index in [2.05, 4.69) is 10.1 Å². The molecule has 3 aromatic rings. The summed E-state index contributed by atoms with van der Waals surface area (Å²) in [6.07, 6.45) is 1.77. The standard InChI is InChI=1S/C18H20N4OS/c1-3-22-16(11-14(2)20-22)18(23)21(13-17-19-9-10-24-17)12-15-7-5-4-6-8-15/h4-11H,3,12-13H2,1-2H3. The molecular formula is C18H20N4OS. The number of thiazole rings is 1. The van der Waals surface area contributed by atoms with Gasteiger partial charge in [0, 0.05) is 24.7 Å². The van der Waals surface area contributed by atoms with Crippen LogP contribution in [0.3, 0.4) is 0 Å². The summed E-state index contributed by atoms with van der Waals surface area (Å²) >= 11 is 1.56. The fourth-order valence-corrected chi connectivity index (χ4v) is 3.25. The highest BCUT2D eigenvalue weighted by molar-refractivity contribution is 7.09. The average molecular weight is 340 g/mol. The van der Waals surface area contributed by atoms with Crippen molar-refractivity contribution < 1.29 is 4.79 Å². The third-order valence-electron chi connectivity index (χ3n) is 3.73. The molecule has 5 nitrogen and oxygen atoms in total. The molecule has 0 bridgehead atoms. The fraction of sp³-hybridized carbons (Fsp3) is 0.278. The van der Waals surface area contributed by atoms with Gasteiger partial charge in [-0.25, -0.2) is 4.98 Å². The molecule has 0 saturated carbocycles. The molecule has 0 atom stereocenters. The predicted octanol–water partition coefficient (Wildman–Crippen LogP) is 3.51. The molecule has 0 N–H and O–H groups in total. The van der Waals surface area contributed by atoms with Crippen molar-refractivity contribution in [2.45, 2.75) is 33.5 Å². The maximum absolute atomic E-state index is 13.1. The van der Waals surface area contributed by atoms with Crippen LogP contribution in [-0.4, -0.2) is 25.6 Å². The Morgan fingerprint density at radius 3 is 2.71 bits per heavy atom. The van der Waals surface area contributed by atoms with Gasteiger partial charge in [-0.1, -0.05) is 30.3 Å². The number of aryl methyl sites for hydroxylation is 2. The van der Waals surface area contributed by atoms with E-state index in [0.29, 0.717) is 25.3 Å². The third-order valence-corrected chi connectivity index (χ3v) is 4.50. The van der Waals surface area contributed by atoms with Crippen LogP contribution >= 0.6 is 11.3 Å². The van der Waals surface area contributed by atoms with Crippen LogP contribution in [0, 0.1) is 6.92 Å². The number of hydrogen-bond acceptors (Lipinski definition) is 4. The van der Waals surface area contributed by atoms with Crippen LogP contribution in [0.4, 0.5) is 0 Å². The van der Waals surface area contributed by atoms with Crippen molar-refractivity contribution in [2.24, 2.45) is 0 Å². The van der Waals surface area contributed by atoms with Gasteiger partial charge in [0.25, 0.3) is 5.91 Å². The average Bonchev–Trinajstić information content (AvgIpc) is 3.23. The second-order valence-corrected chi connectivity index (χ2v) is 6.54. The Balaban J connectivity index is 1.89. The highest BCUT2D eigenvalue weighted by atomic mass is 32.1. The number of benzene rings is 1. The molecule has 0 unspecified atom stereocenters. The molecule has 0 saturated heterocycles. The third kappa shape index (κ3) is 3.71. The van der Waals surface area contributed by atoms with Crippen LogP contribution < -0.4 is 0 Å². The van der Waals surface area contributed by atoms with Gasteiger partial charge in [0.2, 0.25) is 0 Å². The number of rotatable bonds is 6. The molecule has 2 aromatic heterocycles. The van der Waals surface area contributed by atoms with E-state index in [4.69, 9.17) is 0 Å². The van der Waals surface area contributed by atoms with Crippen LogP contribution in [0.5, 0.6) is 0 Å². The summed E-state index contributed by atoms with van der Waals surface area (Å²) in [5.41, 5.74) is 2.58. The van der Waals surface area contributed by atoms with Crippen molar-refractivity contribution in [3.63, 3.8) is 0 Å². The molecule has 2 heterocycles. The summed E-state index contributed by atoms with van der Waals surface area (Å²) in [6.45, 7) is 5.62. The highest BCUT2D eigenvalue weighted by Crippen LogP contribution is 2.16. The summed E-state index contributed by atoms with van der Waals surface area (Å²) in [6, 6.07) is 11.9. The first-order chi connectivity index (χ1) is 11.7. The lowest BCUT2D eigenvalue weighted by Crippen LogP contribution is -2.31. The summed E-state index contributed by atoms with van der Waals surface area (Å²) in [7, 11) is 0. The Kier molecular flexibility index (Phi) is 5.05. The van der Waals surface area contributed by atoms with Crippen molar-refractivity contribution in [1.82, 2.24) is 19.7 Å². The molecule has 1 amide bonds. The number of aromatic nitrogens is 3. The van der Waals surface area contributed by atoms with Gasteiger partial charge in [-0.05, 0) is 25.5 Å². The van der Waals surface area contributed by atoms with Crippen molar-refractivity contribution in [2.75, 3.05) is 0 Å². The number of carbonyl (C=O) groups excluding carboxylic acids is 1. The molecule has 0 fully saturated rings. The second kappa shape index (κ2) is 7.40. The molecule has 0 spiro atoms. The Labute approximate surface area is 145 Å². The monoisotopic (exact) mass is 340 g/mol. The normalized spacial score (nSPS) is 10.8. The summed E-state index contributed by atoms with van der Waals surface area (Å²) < 4.78 is 1.76. The zero-order chi connectivity index (χ0) is 16.9. The van der Waals surface area contributed by atoms with Crippen molar-refractivity contribution in [1.29, 1.82) is 0 Å². The van der Waals surface area contributed by atoms with Gasteiger partial charge in [-0.15, -0.1) is 11.3 Å². The lowest BCUT2D eigenvalue weighted by Gasteiger charge is -2.22. The van der Waals surface area contributed by atoms with E-state index in [1.165, 1.54) is 0 Å². The van der Waals surface area contributed by atoms with Crippen molar-refractivity contribution in [3.8, 4) is 0 Å². The molecule has 0 aliphatic carbocycles. The van der Waals surface area contributed by atoms with Crippen LogP contribution in [0.1, 0.15) is 33.7 Å². The molecule has 0 aliphatic rings. The molecule has 24 heavy (non-hydrogen) atoms. The number of nitrogens with zero attached hydrogens (tertiary/aromatic N) is 4. The van der Waals surface area contributed by atoms with Gasteiger partial charge in [-0.3, -0.25) is 9.48 Å². The SMILES string of the molecule is CCn1nc(C)cc1C(=O)N(Cc1ccccc1)Cc1nccs1. The molecule has 0 radical (unpaired) electrons. The quantitative estimate of drug-likeness (QED) is 0.690. The van der Waals surface area contributed by atoms with Gasteiger partial charge in [0.15, 0.2) is 0 Å². The minimum Gasteiger partial charge on any atom is -0.326 e. The number of amides is 1. The van der Waals surface area contributed by atoms with E-state index in [0.717, 1.165) is 16.3 Å². The predicted molar refractivity (Wildman–Crippen MR) is 94.8 cm³/mol. The van der Waals surface area contributed by atoms with E-state index in [-0.39, 0.29) is 5.91 Å². The summed E-state index contributed by atoms with van der Waals surface area (Å²) in [4.78, 5) is 19.3. The van der Waals surface area contributed by atoms with E-state index in [1.54, 1.807) is 22.2 Å². The van der Waals surface area contributed by atoms with Crippen LogP contribution in [-0.2, 0) is 19.6 Å². The van der Waals surface area contributed by atoms with Crippen LogP contribution in [0.2, 0.25) is 0 Å². The van der Waals surface area contributed by atoms with Gasteiger partial charge >= 0.3 is 0 Å². The van der Waals surface area contributed by atoms with Crippen LogP contribution in [0.25, 0.3) is 0 Å². The van der Waals surface area contributed by atoms with Gasteiger partial charge in [-0.2, -0.15) is 5.10 Å². The van der Waals surface area contributed by atoms with Gasteiger partial charge < -0.3 is 4.90 Å². The first-order valence-electron chi connectivity index (χ1n) is 7.93. The molecule has 3 rings (SSSR count). The summed E-state index contributed by atoms with van der Waals surface area (Å²) in [5, 5.41) is 7.25. The van der Waals surface area contributed by atoms with E-state index in [9.17, 15) is 4.79 Å². The Morgan fingerprint density at radius 1 is 1.25 bits per heavy atom. The Morgan fingerprint density at radius 2 is 2.04 bits per heavy atom. The topological polar surface area (TPSA) is 51.0 Å². The van der Waals surface area contributed by atoms with E-state index >= 15 is 0 Å². The molecule has 124 valence electrons. The highest BCUT2D eigenvalue weighted by Gasteiger charge is 2.21. The van der Waals surface area contributed by atoms with E-state index < -0.39 is 0 Å². The molecule has 0 aliphatic heterocycles. The van der Waals surface area contributed by atoms with E-state index in [1.807, 2.05) is 60.5 Å². The van der Waals surface area contributed by atoms with Gasteiger partial charge in [0.1, 0.15) is 10.7 Å². The zero-order valence-electron chi connectivity index (χ0n) is 13.8. The number of carbonyl (C=O) groups is 1. The molecule has 6 heteroatoms. The molecule has 1 aromatic carbocycles. The lowest BCUT2D eigenvalue weighted by molar-refractivity contribution is 0.0717. The molecular weight excluding hydrogens is 320 g/mol. The summed E-state index contributed by atoms with van der Waals surface area (Å²) in [5.74, 6) is -0.0171. The smallest absolute Gasteiger partial charge is 0.272 e. The Hall–Kier alpha value is -2.47. The largest absolute Gasteiger partial charge is 0.326 e. The second-order valence-electron chi connectivity index (χ2n) is 5.56. The minimum atomic E-state index is -0.0171. The fourth-order valence-electron chi connectivity index (χ4n) is 2.62. The Bertz CT molecular complexity index is 796.